The van der Waals surface area contributed by atoms with Gasteiger partial charge in [-0.2, -0.15) is 4.98 Å². The molecule has 2 N–H and O–H groups in total. The van der Waals surface area contributed by atoms with E-state index in [0.29, 0.717) is 24.3 Å². The Balaban J connectivity index is 1.91. The summed E-state index contributed by atoms with van der Waals surface area (Å²) in [4.78, 5) is 4.62. The highest BCUT2D eigenvalue weighted by atomic mass is 16.5. The molecule has 4 nitrogen and oxygen atoms in total. The Morgan fingerprint density at radius 1 is 1.35 bits per heavy atom. The van der Waals surface area contributed by atoms with Crippen LogP contribution in [0.25, 0.3) is 0 Å². The summed E-state index contributed by atoms with van der Waals surface area (Å²) in [6.45, 7) is 7.42. The lowest BCUT2D eigenvalue weighted by molar-refractivity contribution is 0.328. The van der Waals surface area contributed by atoms with Crippen molar-refractivity contribution >= 4 is 0 Å². The van der Waals surface area contributed by atoms with Crippen molar-refractivity contribution in [3.63, 3.8) is 0 Å². The number of rotatable bonds is 7. The Bertz CT molecular complexity index is 402. The monoisotopic (exact) mass is 279 g/mol. The fourth-order valence-electron chi connectivity index (χ4n) is 3.37. The van der Waals surface area contributed by atoms with Gasteiger partial charge in [-0.05, 0) is 50.0 Å². The van der Waals surface area contributed by atoms with Crippen LogP contribution >= 0.6 is 0 Å². The third-order valence-electron chi connectivity index (χ3n) is 4.57. The molecule has 2 unspecified atom stereocenters. The summed E-state index contributed by atoms with van der Waals surface area (Å²) in [6, 6.07) is 0. The van der Waals surface area contributed by atoms with Crippen LogP contribution in [0.2, 0.25) is 0 Å². The van der Waals surface area contributed by atoms with E-state index in [1.165, 1.54) is 25.7 Å². The summed E-state index contributed by atoms with van der Waals surface area (Å²) < 4.78 is 5.44. The molecule has 0 aromatic carbocycles. The molecule has 4 heteroatoms. The molecule has 1 heterocycles. The molecule has 0 aliphatic heterocycles. The smallest absolute Gasteiger partial charge is 0.226 e. The second kappa shape index (κ2) is 7.21. The highest BCUT2D eigenvalue weighted by molar-refractivity contribution is 5.00. The van der Waals surface area contributed by atoms with Gasteiger partial charge in [0.25, 0.3) is 0 Å². The van der Waals surface area contributed by atoms with Crippen molar-refractivity contribution in [3.05, 3.63) is 11.7 Å². The van der Waals surface area contributed by atoms with Crippen molar-refractivity contribution in [2.45, 2.75) is 65.2 Å². The van der Waals surface area contributed by atoms with Gasteiger partial charge in [-0.3, -0.25) is 0 Å². The molecule has 0 radical (unpaired) electrons. The van der Waals surface area contributed by atoms with Crippen LogP contribution in [0, 0.1) is 17.8 Å². The standard InChI is InChI=1S/C16H29N3O/c1-4-12-5-6-14(8-12)16-18-15(20-19-16)9-13(10-17)7-11(2)3/h11-14H,4-10,17H2,1-3H3/t12?,13-,14?/m0/s1. The molecule has 114 valence electrons. The zero-order valence-corrected chi connectivity index (χ0v) is 13.1. The minimum atomic E-state index is 0.454. The molecule has 2 rings (SSSR count). The number of aromatic nitrogens is 2. The zero-order chi connectivity index (χ0) is 14.5. The van der Waals surface area contributed by atoms with E-state index in [4.69, 9.17) is 10.3 Å². The molecule has 0 amide bonds. The maximum absolute atomic E-state index is 5.84. The van der Waals surface area contributed by atoms with Gasteiger partial charge in [-0.25, -0.2) is 0 Å². The fourth-order valence-corrected chi connectivity index (χ4v) is 3.37. The van der Waals surface area contributed by atoms with E-state index < -0.39 is 0 Å². The van der Waals surface area contributed by atoms with Gasteiger partial charge in [-0.15, -0.1) is 0 Å². The van der Waals surface area contributed by atoms with Crippen LogP contribution in [0.15, 0.2) is 4.52 Å². The molecule has 0 spiro atoms. The van der Waals surface area contributed by atoms with Gasteiger partial charge in [0.05, 0.1) is 0 Å². The van der Waals surface area contributed by atoms with Gasteiger partial charge in [0, 0.05) is 12.3 Å². The van der Waals surface area contributed by atoms with E-state index >= 15 is 0 Å². The number of nitrogens with two attached hydrogens (primary N) is 1. The second-order valence-corrected chi connectivity index (χ2v) is 6.77. The van der Waals surface area contributed by atoms with Crippen molar-refractivity contribution < 1.29 is 4.52 Å². The maximum Gasteiger partial charge on any atom is 0.226 e. The van der Waals surface area contributed by atoms with Crippen molar-refractivity contribution in [1.82, 2.24) is 10.1 Å². The molecule has 1 aromatic heterocycles. The number of nitrogens with zero attached hydrogens (tertiary/aromatic N) is 2. The lowest BCUT2D eigenvalue weighted by Crippen LogP contribution is -2.19. The third-order valence-corrected chi connectivity index (χ3v) is 4.57. The minimum absolute atomic E-state index is 0.454. The molecular weight excluding hydrogens is 250 g/mol. The molecule has 1 aliphatic carbocycles. The zero-order valence-electron chi connectivity index (χ0n) is 13.1. The Labute approximate surface area is 122 Å². The van der Waals surface area contributed by atoms with Gasteiger partial charge in [0.2, 0.25) is 5.89 Å². The van der Waals surface area contributed by atoms with Crippen molar-refractivity contribution in [2.75, 3.05) is 6.54 Å². The van der Waals surface area contributed by atoms with E-state index in [1.54, 1.807) is 0 Å². The third kappa shape index (κ3) is 4.05. The van der Waals surface area contributed by atoms with Gasteiger partial charge in [0.15, 0.2) is 5.82 Å². The van der Waals surface area contributed by atoms with Crippen LogP contribution in [0.1, 0.15) is 70.5 Å². The molecule has 0 saturated heterocycles. The van der Waals surface area contributed by atoms with Crippen LogP contribution in [0.4, 0.5) is 0 Å². The van der Waals surface area contributed by atoms with E-state index in [2.05, 4.69) is 30.9 Å². The van der Waals surface area contributed by atoms with Crippen molar-refractivity contribution in [3.8, 4) is 0 Å². The van der Waals surface area contributed by atoms with Gasteiger partial charge in [0.1, 0.15) is 0 Å². The SMILES string of the molecule is CCC1CCC(c2noc(C[C@@H](CN)CC(C)C)n2)C1. The average Bonchev–Trinajstić information content (AvgIpc) is 3.05. The molecule has 1 fully saturated rings. The molecule has 1 aromatic rings. The summed E-state index contributed by atoms with van der Waals surface area (Å²) in [7, 11) is 0. The molecule has 1 saturated carbocycles. The highest BCUT2D eigenvalue weighted by Crippen LogP contribution is 2.38. The average molecular weight is 279 g/mol. The predicted molar refractivity (Wildman–Crippen MR) is 80.4 cm³/mol. The highest BCUT2D eigenvalue weighted by Gasteiger charge is 2.28. The number of hydrogen-bond donors (Lipinski definition) is 1. The summed E-state index contributed by atoms with van der Waals surface area (Å²) in [6.07, 6.45) is 6.96. The van der Waals surface area contributed by atoms with E-state index in [-0.39, 0.29) is 0 Å². The Morgan fingerprint density at radius 3 is 2.75 bits per heavy atom. The number of hydrogen-bond acceptors (Lipinski definition) is 4. The molecule has 3 atom stereocenters. The Hall–Kier alpha value is -0.900. The van der Waals surface area contributed by atoms with Crippen LogP contribution < -0.4 is 5.73 Å². The van der Waals surface area contributed by atoms with Gasteiger partial charge < -0.3 is 10.3 Å². The summed E-state index contributed by atoms with van der Waals surface area (Å²) >= 11 is 0. The van der Waals surface area contributed by atoms with Crippen LogP contribution in [-0.2, 0) is 6.42 Å². The van der Waals surface area contributed by atoms with Gasteiger partial charge in [-0.1, -0.05) is 32.3 Å². The summed E-state index contributed by atoms with van der Waals surface area (Å²) in [5, 5.41) is 4.21. The first-order valence-corrected chi connectivity index (χ1v) is 8.14. The van der Waals surface area contributed by atoms with E-state index in [9.17, 15) is 0 Å². The Morgan fingerprint density at radius 2 is 2.15 bits per heavy atom. The van der Waals surface area contributed by atoms with Crippen molar-refractivity contribution in [1.29, 1.82) is 0 Å². The lowest BCUT2D eigenvalue weighted by Gasteiger charge is -2.14. The second-order valence-electron chi connectivity index (χ2n) is 6.77. The molecule has 0 bridgehead atoms. The molecular formula is C16H29N3O. The predicted octanol–water partition coefficient (Wildman–Crippen LogP) is 3.53. The minimum Gasteiger partial charge on any atom is -0.339 e. The van der Waals surface area contributed by atoms with Crippen LogP contribution in [0.5, 0.6) is 0 Å². The molecule has 1 aliphatic rings. The first-order chi connectivity index (χ1) is 9.62. The topological polar surface area (TPSA) is 64.9 Å². The Kier molecular flexibility index (Phi) is 5.58. The van der Waals surface area contributed by atoms with E-state index in [0.717, 1.165) is 30.5 Å². The quantitative estimate of drug-likeness (QED) is 0.829. The van der Waals surface area contributed by atoms with Crippen molar-refractivity contribution in [2.24, 2.45) is 23.5 Å². The fraction of sp³-hybridized carbons (Fsp3) is 0.875. The maximum atomic E-state index is 5.84. The van der Waals surface area contributed by atoms with Crippen LogP contribution in [-0.4, -0.2) is 16.7 Å². The van der Waals surface area contributed by atoms with Gasteiger partial charge >= 0.3 is 0 Å². The normalized spacial score (nSPS) is 24.4. The van der Waals surface area contributed by atoms with Crippen LogP contribution in [0.3, 0.4) is 0 Å². The summed E-state index contributed by atoms with van der Waals surface area (Å²) in [5.41, 5.74) is 5.84. The van der Waals surface area contributed by atoms with E-state index in [1.807, 2.05) is 0 Å². The first-order valence-electron chi connectivity index (χ1n) is 8.14. The largest absolute Gasteiger partial charge is 0.339 e. The first kappa shape index (κ1) is 15.5. The molecule has 20 heavy (non-hydrogen) atoms. The summed E-state index contributed by atoms with van der Waals surface area (Å²) in [5.74, 6) is 4.17. The lowest BCUT2D eigenvalue weighted by atomic mass is 9.94.